The Labute approximate surface area is 195 Å². The molecule has 1 aromatic heterocycles. The topological polar surface area (TPSA) is 101 Å². The number of sulfonamides is 1. The van der Waals surface area contributed by atoms with Crippen LogP contribution in [0.3, 0.4) is 0 Å². The lowest BCUT2D eigenvalue weighted by Crippen LogP contribution is -2.58. The molecule has 4 atom stereocenters. The zero-order valence-corrected chi connectivity index (χ0v) is 20.6. The Morgan fingerprint density at radius 2 is 1.52 bits per heavy atom. The molecule has 33 heavy (non-hydrogen) atoms. The predicted molar refractivity (Wildman–Crippen MR) is 127 cm³/mol. The summed E-state index contributed by atoms with van der Waals surface area (Å²) in [5, 5.41) is 3.10. The fraction of sp³-hybridized carbons (Fsp3) is 0.560. The van der Waals surface area contributed by atoms with E-state index in [-0.39, 0.29) is 33.0 Å². The zero-order chi connectivity index (χ0) is 23.6. The van der Waals surface area contributed by atoms with E-state index >= 15 is 0 Å². The summed E-state index contributed by atoms with van der Waals surface area (Å²) >= 11 is 0. The van der Waals surface area contributed by atoms with E-state index < -0.39 is 10.0 Å². The second-order valence-electron chi connectivity index (χ2n) is 11.5. The summed E-state index contributed by atoms with van der Waals surface area (Å²) in [5.41, 5.74) is 2.19. The van der Waals surface area contributed by atoms with E-state index in [2.05, 4.69) is 33.9 Å². The number of aryl methyl sites for hydroxylation is 2. The Morgan fingerprint density at radius 3 is 2.06 bits per heavy atom. The quantitative estimate of drug-likeness (QED) is 0.655. The van der Waals surface area contributed by atoms with Crippen LogP contribution in [0.4, 0.5) is 11.6 Å². The molecule has 4 saturated carbocycles. The van der Waals surface area contributed by atoms with E-state index in [4.69, 9.17) is 0 Å². The van der Waals surface area contributed by atoms with Crippen LogP contribution in [0.25, 0.3) is 0 Å². The number of nitrogens with zero attached hydrogens (tertiary/aromatic N) is 2. The first-order valence-corrected chi connectivity index (χ1v) is 13.1. The number of hydrogen-bond acceptors (Lipinski definition) is 5. The van der Waals surface area contributed by atoms with Gasteiger partial charge in [-0.25, -0.2) is 23.1 Å². The SMILES string of the molecule is Cc1cc(C)nc(NS(=O)(=O)c2ccc(NC(=O)C34CC5C[C@@](C)(C3)C[C@](C)(C5)C4)cc2)n1. The first-order valence-electron chi connectivity index (χ1n) is 11.6. The van der Waals surface area contributed by atoms with Crippen LogP contribution in [-0.4, -0.2) is 24.3 Å². The van der Waals surface area contributed by atoms with Gasteiger partial charge in [-0.15, -0.1) is 0 Å². The van der Waals surface area contributed by atoms with E-state index in [1.165, 1.54) is 31.4 Å². The maximum absolute atomic E-state index is 13.5. The summed E-state index contributed by atoms with van der Waals surface area (Å²) < 4.78 is 28.0. The molecule has 1 amide bonds. The molecule has 0 radical (unpaired) electrons. The summed E-state index contributed by atoms with van der Waals surface area (Å²) in [6.45, 7) is 8.27. The summed E-state index contributed by atoms with van der Waals surface area (Å²) in [6, 6.07) is 8.09. The fourth-order valence-electron chi connectivity index (χ4n) is 7.63. The molecule has 2 unspecified atom stereocenters. The maximum atomic E-state index is 13.5. The van der Waals surface area contributed by atoms with E-state index in [1.54, 1.807) is 32.0 Å². The number of rotatable bonds is 5. The first kappa shape index (κ1) is 22.3. The lowest BCUT2D eigenvalue weighted by atomic mass is 9.40. The van der Waals surface area contributed by atoms with Crippen LogP contribution in [0.5, 0.6) is 0 Å². The average molecular weight is 469 g/mol. The number of amides is 1. The molecule has 0 aliphatic heterocycles. The van der Waals surface area contributed by atoms with E-state index in [0.717, 1.165) is 19.3 Å². The summed E-state index contributed by atoms with van der Waals surface area (Å²) in [4.78, 5) is 21.9. The molecule has 176 valence electrons. The minimum absolute atomic E-state index is 0.0497. The number of benzene rings is 1. The number of nitrogens with one attached hydrogen (secondary N) is 2. The van der Waals surface area contributed by atoms with Gasteiger partial charge in [-0.2, -0.15) is 0 Å². The van der Waals surface area contributed by atoms with Crippen LogP contribution < -0.4 is 10.0 Å². The Hall–Kier alpha value is -2.48. The van der Waals surface area contributed by atoms with Crippen LogP contribution in [0.15, 0.2) is 35.2 Å². The zero-order valence-electron chi connectivity index (χ0n) is 19.7. The maximum Gasteiger partial charge on any atom is 0.264 e. The van der Waals surface area contributed by atoms with Crippen LogP contribution in [0.2, 0.25) is 0 Å². The normalized spacial score (nSPS) is 32.5. The first-order chi connectivity index (χ1) is 15.4. The third-order valence-electron chi connectivity index (χ3n) is 7.74. The molecule has 0 spiro atoms. The van der Waals surface area contributed by atoms with Gasteiger partial charge in [-0.05, 0) is 99.5 Å². The second-order valence-corrected chi connectivity index (χ2v) is 13.2. The molecule has 0 saturated heterocycles. The number of carbonyl (C=O) groups excluding carboxylic acids is 1. The van der Waals surface area contributed by atoms with Crippen molar-refractivity contribution in [3.63, 3.8) is 0 Å². The molecular weight excluding hydrogens is 436 g/mol. The molecule has 4 fully saturated rings. The summed E-state index contributed by atoms with van der Waals surface area (Å²) in [5.74, 6) is 0.767. The molecule has 4 bridgehead atoms. The minimum atomic E-state index is -3.83. The standard InChI is InChI=1S/C25H32N4O3S/c1-16-9-17(2)27-22(26-16)29-33(31,32)20-7-5-19(6-8-20)28-21(30)25-12-18-10-23(3,14-25)13-24(4,11-18)15-25/h5-9,18H,10-15H2,1-4H3,(H,28,30)(H,26,27,29)/t18?,23-,24+,25?. The highest BCUT2D eigenvalue weighted by molar-refractivity contribution is 7.92. The van der Waals surface area contributed by atoms with Crippen molar-refractivity contribution in [3.8, 4) is 0 Å². The lowest BCUT2D eigenvalue weighted by Gasteiger charge is -2.64. The molecule has 2 N–H and O–H groups in total. The smallest absolute Gasteiger partial charge is 0.264 e. The molecule has 4 aliphatic carbocycles. The Morgan fingerprint density at radius 1 is 0.939 bits per heavy atom. The van der Waals surface area contributed by atoms with Gasteiger partial charge in [0.05, 0.1) is 10.3 Å². The van der Waals surface area contributed by atoms with E-state index in [9.17, 15) is 13.2 Å². The monoisotopic (exact) mass is 468 g/mol. The molecule has 2 aromatic rings. The van der Waals surface area contributed by atoms with E-state index in [0.29, 0.717) is 23.0 Å². The fourth-order valence-corrected chi connectivity index (χ4v) is 8.58. The summed E-state index contributed by atoms with van der Waals surface area (Å²) in [6.07, 6.45) is 6.56. The number of hydrogen-bond donors (Lipinski definition) is 2. The van der Waals surface area contributed by atoms with Crippen molar-refractivity contribution in [1.29, 1.82) is 0 Å². The van der Waals surface area contributed by atoms with Crippen molar-refractivity contribution in [2.24, 2.45) is 22.2 Å². The van der Waals surface area contributed by atoms with Gasteiger partial charge in [0.15, 0.2) is 0 Å². The van der Waals surface area contributed by atoms with Crippen molar-refractivity contribution in [2.75, 3.05) is 10.0 Å². The minimum Gasteiger partial charge on any atom is -0.326 e. The van der Waals surface area contributed by atoms with Gasteiger partial charge >= 0.3 is 0 Å². The third-order valence-corrected chi connectivity index (χ3v) is 9.08. The molecule has 7 nitrogen and oxygen atoms in total. The number of aromatic nitrogens is 2. The third kappa shape index (κ3) is 4.14. The van der Waals surface area contributed by atoms with E-state index in [1.807, 2.05) is 0 Å². The van der Waals surface area contributed by atoms with Crippen LogP contribution in [-0.2, 0) is 14.8 Å². The van der Waals surface area contributed by atoms with Gasteiger partial charge in [0.2, 0.25) is 11.9 Å². The van der Waals surface area contributed by atoms with Gasteiger partial charge in [0.25, 0.3) is 10.0 Å². The predicted octanol–water partition coefficient (Wildman–Crippen LogP) is 4.83. The highest BCUT2D eigenvalue weighted by Crippen LogP contribution is 2.69. The molecule has 1 aromatic carbocycles. The van der Waals surface area contributed by atoms with Crippen molar-refractivity contribution in [1.82, 2.24) is 9.97 Å². The van der Waals surface area contributed by atoms with Crippen LogP contribution in [0.1, 0.15) is 63.8 Å². The van der Waals surface area contributed by atoms with Crippen LogP contribution >= 0.6 is 0 Å². The molecular formula is C25H32N4O3S. The van der Waals surface area contributed by atoms with Crippen molar-refractivity contribution in [2.45, 2.75) is 71.1 Å². The Balaban J connectivity index is 1.31. The molecule has 6 rings (SSSR count). The van der Waals surface area contributed by atoms with Crippen LogP contribution in [0, 0.1) is 36.0 Å². The molecule has 8 heteroatoms. The van der Waals surface area contributed by atoms with Gasteiger partial charge < -0.3 is 5.32 Å². The van der Waals surface area contributed by atoms with Gasteiger partial charge in [0, 0.05) is 17.1 Å². The lowest BCUT2D eigenvalue weighted by molar-refractivity contribution is -0.165. The molecule has 4 aliphatic rings. The van der Waals surface area contributed by atoms with Gasteiger partial charge in [0.1, 0.15) is 0 Å². The van der Waals surface area contributed by atoms with Crippen molar-refractivity contribution in [3.05, 3.63) is 41.7 Å². The summed E-state index contributed by atoms with van der Waals surface area (Å²) in [7, 11) is -3.83. The van der Waals surface area contributed by atoms with Gasteiger partial charge in [-0.3, -0.25) is 4.79 Å². The number of anilines is 2. The Bertz CT molecular complexity index is 1190. The highest BCUT2D eigenvalue weighted by atomic mass is 32.2. The largest absolute Gasteiger partial charge is 0.326 e. The van der Waals surface area contributed by atoms with Crippen molar-refractivity contribution >= 4 is 27.6 Å². The molecule has 1 heterocycles. The average Bonchev–Trinajstić information content (AvgIpc) is 2.64. The number of carbonyl (C=O) groups is 1. The second kappa shape index (κ2) is 7.26. The highest BCUT2D eigenvalue weighted by Gasteiger charge is 2.62. The Kier molecular flexibility index (Phi) is 4.91. The van der Waals surface area contributed by atoms with Gasteiger partial charge in [-0.1, -0.05) is 13.8 Å². The van der Waals surface area contributed by atoms with Crippen molar-refractivity contribution < 1.29 is 13.2 Å².